The minimum absolute atomic E-state index is 0.864. The Balaban J connectivity index is 3.71. The third-order valence-corrected chi connectivity index (χ3v) is 3.19. The zero-order chi connectivity index (χ0) is 15.7. The van der Waals surface area contributed by atoms with E-state index in [4.69, 9.17) is 0 Å². The fraction of sp³-hybridized carbons (Fsp3) is 0.100. The van der Waals surface area contributed by atoms with Gasteiger partial charge >= 0.3 is 0 Å². The number of aromatic nitrogens is 1. The zero-order valence-corrected chi connectivity index (χ0v) is 12.8. The van der Waals surface area contributed by atoms with Crippen LogP contribution in [0.15, 0.2) is 75.0 Å². The van der Waals surface area contributed by atoms with Crippen LogP contribution in [0.5, 0.6) is 0 Å². The second kappa shape index (κ2) is 8.60. The molecule has 0 radical (unpaired) electrons. The molecular weight excluding hydrogens is 254 g/mol. The van der Waals surface area contributed by atoms with Crippen molar-refractivity contribution < 1.29 is 0 Å². The number of hydrogen-bond donors (Lipinski definition) is 0. The van der Waals surface area contributed by atoms with Crippen LogP contribution in [-0.2, 0) is 6.54 Å². The molecule has 0 unspecified atom stereocenters. The molecule has 0 amide bonds. The van der Waals surface area contributed by atoms with Crippen LogP contribution >= 0.6 is 0 Å². The van der Waals surface area contributed by atoms with Crippen LogP contribution in [0.3, 0.4) is 0 Å². The molecule has 1 heteroatoms. The van der Waals surface area contributed by atoms with Crippen molar-refractivity contribution in [2.75, 3.05) is 0 Å². The Labute approximate surface area is 128 Å². The van der Waals surface area contributed by atoms with Crippen molar-refractivity contribution in [1.82, 2.24) is 4.57 Å². The Bertz CT molecular complexity index is 625. The summed E-state index contributed by atoms with van der Waals surface area (Å²) in [6, 6.07) is 8.19. The van der Waals surface area contributed by atoms with Gasteiger partial charge in [0, 0.05) is 18.4 Å². The fourth-order valence-electron chi connectivity index (χ4n) is 2.10. The van der Waals surface area contributed by atoms with Gasteiger partial charge in [0.15, 0.2) is 0 Å². The van der Waals surface area contributed by atoms with E-state index in [0.717, 1.165) is 28.9 Å². The van der Waals surface area contributed by atoms with Gasteiger partial charge in [0.2, 0.25) is 0 Å². The topological polar surface area (TPSA) is 4.93 Å². The first-order valence-electron chi connectivity index (χ1n) is 6.99. The Kier molecular flexibility index (Phi) is 6.76. The SMILES string of the molecule is C=C/C=C(\C=C)c1cccn(CC)c(C=C)c(C=C)cc1. The molecule has 1 aromatic rings. The number of rotatable bonds is 6. The highest BCUT2D eigenvalue weighted by atomic mass is 14.9. The number of nitrogens with zero attached hydrogens (tertiary/aromatic N) is 1. The van der Waals surface area contributed by atoms with E-state index in [1.54, 1.807) is 6.08 Å². The molecule has 0 aliphatic heterocycles. The van der Waals surface area contributed by atoms with Crippen LogP contribution in [-0.4, -0.2) is 4.57 Å². The van der Waals surface area contributed by atoms with Gasteiger partial charge in [-0.25, -0.2) is 0 Å². The average molecular weight is 277 g/mol. The molecule has 0 saturated carbocycles. The largest absolute Gasteiger partial charge is 0.348 e. The highest BCUT2D eigenvalue weighted by molar-refractivity contribution is 5.74. The molecule has 0 aliphatic carbocycles. The predicted molar refractivity (Wildman–Crippen MR) is 96.3 cm³/mol. The minimum Gasteiger partial charge on any atom is -0.348 e. The lowest BCUT2D eigenvalue weighted by molar-refractivity contribution is 0.750. The highest BCUT2D eigenvalue weighted by Gasteiger charge is 1.98. The molecular formula is C20H23N. The quantitative estimate of drug-likeness (QED) is 0.590. The van der Waals surface area contributed by atoms with Crippen molar-refractivity contribution >= 4 is 17.7 Å². The summed E-state index contributed by atoms with van der Waals surface area (Å²) in [7, 11) is 0. The van der Waals surface area contributed by atoms with Gasteiger partial charge in [-0.2, -0.15) is 0 Å². The molecule has 0 saturated heterocycles. The molecule has 1 rings (SSSR count). The van der Waals surface area contributed by atoms with E-state index in [9.17, 15) is 0 Å². The molecule has 0 N–H and O–H groups in total. The van der Waals surface area contributed by atoms with Crippen LogP contribution in [0.4, 0.5) is 0 Å². The molecule has 21 heavy (non-hydrogen) atoms. The Hall–Kier alpha value is -2.54. The van der Waals surface area contributed by atoms with E-state index < -0.39 is 0 Å². The maximum absolute atomic E-state index is 3.91. The first-order valence-corrected chi connectivity index (χ1v) is 6.99. The Morgan fingerprint density at radius 3 is 2.38 bits per heavy atom. The highest BCUT2D eigenvalue weighted by Crippen LogP contribution is 2.16. The summed E-state index contributed by atoms with van der Waals surface area (Å²) in [4.78, 5) is 0. The minimum atomic E-state index is 0.864. The standard InChI is InChI=1S/C20H23N/c1-6-12-17(7-2)19-13-11-16-21(10-5)20(9-4)18(8-3)14-15-19/h6-9,11-16H,1-4,10H2,5H3/b15-14?,16-11?,17-12+,19-13?,20-18?. The van der Waals surface area contributed by atoms with Crippen LogP contribution < -0.4 is 0 Å². The van der Waals surface area contributed by atoms with Gasteiger partial charge < -0.3 is 4.57 Å². The van der Waals surface area contributed by atoms with E-state index in [-0.39, 0.29) is 0 Å². The normalized spacial score (nSPS) is 10.4. The maximum Gasteiger partial charge on any atom is 0.0473 e. The van der Waals surface area contributed by atoms with Gasteiger partial charge in [-0.15, -0.1) is 0 Å². The molecule has 1 heterocycles. The number of aryl methyl sites for hydroxylation is 1. The van der Waals surface area contributed by atoms with Gasteiger partial charge in [0.1, 0.15) is 0 Å². The van der Waals surface area contributed by atoms with E-state index >= 15 is 0 Å². The summed E-state index contributed by atoms with van der Waals surface area (Å²) in [6.45, 7) is 18.4. The summed E-state index contributed by atoms with van der Waals surface area (Å²) in [5.41, 5.74) is 4.18. The van der Waals surface area contributed by atoms with Crippen molar-refractivity contribution in [3.63, 3.8) is 0 Å². The first-order chi connectivity index (χ1) is 10.2. The van der Waals surface area contributed by atoms with E-state index in [1.165, 1.54) is 0 Å². The zero-order valence-electron chi connectivity index (χ0n) is 12.8. The predicted octanol–water partition coefficient (Wildman–Crippen LogP) is 5.67. The summed E-state index contributed by atoms with van der Waals surface area (Å²) in [5, 5.41) is 0. The third kappa shape index (κ3) is 4.22. The molecule has 1 nitrogen and oxygen atoms in total. The van der Waals surface area contributed by atoms with Gasteiger partial charge in [-0.3, -0.25) is 0 Å². The van der Waals surface area contributed by atoms with Gasteiger partial charge in [0.25, 0.3) is 0 Å². The molecule has 0 aliphatic rings. The summed E-state index contributed by atoms with van der Waals surface area (Å²) >= 11 is 0. The third-order valence-electron chi connectivity index (χ3n) is 3.19. The van der Waals surface area contributed by atoms with Crippen molar-refractivity contribution in [2.45, 2.75) is 13.5 Å². The van der Waals surface area contributed by atoms with Crippen LogP contribution in [0.25, 0.3) is 17.7 Å². The molecule has 1 aromatic heterocycles. The van der Waals surface area contributed by atoms with Crippen molar-refractivity contribution in [2.24, 2.45) is 0 Å². The monoisotopic (exact) mass is 277 g/mol. The van der Waals surface area contributed by atoms with Crippen molar-refractivity contribution in [1.29, 1.82) is 0 Å². The Morgan fingerprint density at radius 2 is 1.86 bits per heavy atom. The Morgan fingerprint density at radius 1 is 1.10 bits per heavy atom. The first kappa shape index (κ1) is 16.5. The lowest BCUT2D eigenvalue weighted by Gasteiger charge is -2.07. The second-order valence-corrected chi connectivity index (χ2v) is 4.39. The van der Waals surface area contributed by atoms with Gasteiger partial charge in [0.05, 0.1) is 0 Å². The van der Waals surface area contributed by atoms with E-state index in [0.29, 0.717) is 0 Å². The molecule has 108 valence electrons. The summed E-state index contributed by atoms with van der Waals surface area (Å²) < 4.78 is 2.14. The number of hydrogen-bond acceptors (Lipinski definition) is 0. The molecule has 0 aromatic carbocycles. The van der Waals surface area contributed by atoms with Crippen LogP contribution in [0.2, 0.25) is 0 Å². The molecule has 0 bridgehead atoms. The molecule has 0 atom stereocenters. The fourth-order valence-corrected chi connectivity index (χ4v) is 2.10. The van der Waals surface area contributed by atoms with Gasteiger partial charge in [-0.05, 0) is 35.8 Å². The lowest BCUT2D eigenvalue weighted by atomic mass is 10.1. The molecule has 0 fully saturated rings. The summed E-state index contributed by atoms with van der Waals surface area (Å²) in [6.07, 6.45) is 11.3. The second-order valence-electron chi connectivity index (χ2n) is 4.39. The smallest absolute Gasteiger partial charge is 0.0473 e. The van der Waals surface area contributed by atoms with Gasteiger partial charge in [-0.1, -0.05) is 68.8 Å². The van der Waals surface area contributed by atoms with Crippen molar-refractivity contribution in [3.05, 3.63) is 91.8 Å². The lowest BCUT2D eigenvalue weighted by Crippen LogP contribution is -1.99. The summed E-state index contributed by atoms with van der Waals surface area (Å²) in [5.74, 6) is 0. The number of allylic oxidation sites excluding steroid dienone is 4. The van der Waals surface area contributed by atoms with E-state index in [2.05, 4.69) is 49.9 Å². The maximum atomic E-state index is 3.91. The van der Waals surface area contributed by atoms with Crippen LogP contribution in [0, 0.1) is 0 Å². The average Bonchev–Trinajstić information content (AvgIpc) is 2.60. The van der Waals surface area contributed by atoms with Crippen molar-refractivity contribution in [3.8, 4) is 0 Å². The van der Waals surface area contributed by atoms with E-state index in [1.807, 2.05) is 42.6 Å². The van der Waals surface area contributed by atoms with Crippen LogP contribution in [0.1, 0.15) is 23.7 Å². The molecule has 0 spiro atoms.